The van der Waals surface area contributed by atoms with E-state index in [-0.39, 0.29) is 0 Å². The van der Waals surface area contributed by atoms with Crippen LogP contribution in [0.4, 0.5) is 0 Å². The van der Waals surface area contributed by atoms with Gasteiger partial charge >= 0.3 is 0 Å². The summed E-state index contributed by atoms with van der Waals surface area (Å²) in [5, 5.41) is 7.21. The fourth-order valence-electron chi connectivity index (χ4n) is 1.82. The zero-order valence-electron chi connectivity index (χ0n) is 9.74. The molecule has 1 aliphatic rings. The lowest BCUT2D eigenvalue weighted by Gasteiger charge is -2.01. The van der Waals surface area contributed by atoms with Crippen molar-refractivity contribution in [1.29, 1.82) is 0 Å². The highest BCUT2D eigenvalue weighted by molar-refractivity contribution is 4.89. The molecule has 90 valence electrons. The Bertz CT molecular complexity index is 308. The van der Waals surface area contributed by atoms with E-state index in [1.54, 1.807) is 0 Å². The Kier molecular flexibility index (Phi) is 4.30. The third kappa shape index (κ3) is 3.28. The predicted octanol–water partition coefficient (Wildman–Crippen LogP) is 1.15. The normalized spacial score (nSPS) is 20.4. The van der Waals surface area contributed by atoms with Gasteiger partial charge in [0.15, 0.2) is 5.82 Å². The van der Waals surface area contributed by atoms with E-state index in [4.69, 9.17) is 9.26 Å². The van der Waals surface area contributed by atoms with E-state index < -0.39 is 0 Å². The van der Waals surface area contributed by atoms with Gasteiger partial charge in [-0.15, -0.1) is 0 Å². The van der Waals surface area contributed by atoms with Crippen LogP contribution in [0.2, 0.25) is 0 Å². The Balaban J connectivity index is 1.77. The van der Waals surface area contributed by atoms with Crippen molar-refractivity contribution < 1.29 is 9.26 Å². The lowest BCUT2D eigenvalue weighted by Crippen LogP contribution is -2.14. The predicted molar refractivity (Wildman–Crippen MR) is 58.9 cm³/mol. The first-order chi connectivity index (χ1) is 7.88. The van der Waals surface area contributed by atoms with Gasteiger partial charge in [-0.2, -0.15) is 4.98 Å². The lowest BCUT2D eigenvalue weighted by molar-refractivity contribution is 0.185. The van der Waals surface area contributed by atoms with Crippen LogP contribution in [-0.4, -0.2) is 29.9 Å². The number of nitrogens with one attached hydrogen (secondary N) is 1. The quantitative estimate of drug-likeness (QED) is 0.736. The number of ether oxygens (including phenoxy) is 1. The molecule has 0 radical (unpaired) electrons. The van der Waals surface area contributed by atoms with E-state index in [9.17, 15) is 0 Å². The molecular formula is C11H19N3O2. The second-order valence-corrected chi connectivity index (χ2v) is 4.21. The molecule has 5 nitrogen and oxygen atoms in total. The highest BCUT2D eigenvalue weighted by Crippen LogP contribution is 2.16. The van der Waals surface area contributed by atoms with Crippen molar-refractivity contribution in [2.24, 2.45) is 5.92 Å². The fourth-order valence-corrected chi connectivity index (χ4v) is 1.82. The van der Waals surface area contributed by atoms with Gasteiger partial charge in [0, 0.05) is 19.6 Å². The Hall–Kier alpha value is -0.940. The van der Waals surface area contributed by atoms with E-state index >= 15 is 0 Å². The molecule has 0 saturated carbocycles. The monoisotopic (exact) mass is 225 g/mol. The Labute approximate surface area is 95.6 Å². The molecular weight excluding hydrogens is 206 g/mol. The highest BCUT2D eigenvalue weighted by Gasteiger charge is 2.18. The molecule has 0 aliphatic carbocycles. The molecule has 5 heteroatoms. The van der Waals surface area contributed by atoms with Gasteiger partial charge in [0.1, 0.15) is 0 Å². The van der Waals surface area contributed by atoms with E-state index in [1.165, 1.54) is 0 Å². The number of hydrogen-bond donors (Lipinski definition) is 1. The summed E-state index contributed by atoms with van der Waals surface area (Å²) in [6.07, 6.45) is 3.09. The van der Waals surface area contributed by atoms with E-state index in [2.05, 4.69) is 22.4 Å². The zero-order valence-corrected chi connectivity index (χ0v) is 9.74. The van der Waals surface area contributed by atoms with Crippen molar-refractivity contribution in [3.05, 3.63) is 11.7 Å². The number of hydrogen-bond acceptors (Lipinski definition) is 5. The second-order valence-electron chi connectivity index (χ2n) is 4.21. The van der Waals surface area contributed by atoms with Gasteiger partial charge in [0.05, 0.1) is 6.54 Å². The topological polar surface area (TPSA) is 60.2 Å². The Morgan fingerprint density at radius 1 is 1.50 bits per heavy atom. The summed E-state index contributed by atoms with van der Waals surface area (Å²) in [7, 11) is 0. The number of rotatable bonds is 6. The average molecular weight is 225 g/mol. The first-order valence-electron chi connectivity index (χ1n) is 5.98. The highest BCUT2D eigenvalue weighted by atomic mass is 16.5. The first kappa shape index (κ1) is 11.5. The minimum atomic E-state index is 0.564. The molecule has 1 fully saturated rings. The Morgan fingerprint density at radius 2 is 2.44 bits per heavy atom. The van der Waals surface area contributed by atoms with Crippen LogP contribution in [0, 0.1) is 5.92 Å². The minimum Gasteiger partial charge on any atom is -0.381 e. The minimum absolute atomic E-state index is 0.564. The van der Waals surface area contributed by atoms with Crippen LogP contribution in [0.15, 0.2) is 4.52 Å². The van der Waals surface area contributed by atoms with Crippen molar-refractivity contribution in [3.8, 4) is 0 Å². The number of nitrogens with zero attached hydrogens (tertiary/aromatic N) is 2. The molecule has 2 rings (SSSR count). The van der Waals surface area contributed by atoms with Gasteiger partial charge in [-0.05, 0) is 25.3 Å². The number of aromatic nitrogens is 2. The maximum atomic E-state index is 5.32. The van der Waals surface area contributed by atoms with Crippen molar-refractivity contribution in [2.45, 2.75) is 32.7 Å². The van der Waals surface area contributed by atoms with Gasteiger partial charge in [0.2, 0.25) is 5.89 Å². The van der Waals surface area contributed by atoms with Crippen molar-refractivity contribution in [3.63, 3.8) is 0 Å². The summed E-state index contributed by atoms with van der Waals surface area (Å²) in [6, 6.07) is 0. The molecule has 0 aromatic carbocycles. The SMILES string of the molecule is CCCNCc1nc(CC2CCOC2)no1. The third-order valence-electron chi connectivity index (χ3n) is 2.71. The molecule has 2 heterocycles. The van der Waals surface area contributed by atoms with Crippen LogP contribution < -0.4 is 5.32 Å². The molecule has 0 bridgehead atoms. The molecule has 16 heavy (non-hydrogen) atoms. The maximum Gasteiger partial charge on any atom is 0.240 e. The standard InChI is InChI=1S/C11H19N3O2/c1-2-4-12-7-11-13-10(14-16-11)6-9-3-5-15-8-9/h9,12H,2-8H2,1H3. The molecule has 0 spiro atoms. The van der Waals surface area contributed by atoms with Gasteiger partial charge in [-0.1, -0.05) is 12.1 Å². The van der Waals surface area contributed by atoms with Crippen molar-refractivity contribution in [2.75, 3.05) is 19.8 Å². The summed E-state index contributed by atoms with van der Waals surface area (Å²) in [5.41, 5.74) is 0. The average Bonchev–Trinajstić information content (AvgIpc) is 2.91. The van der Waals surface area contributed by atoms with Crippen LogP contribution in [0.3, 0.4) is 0 Å². The molecule has 1 N–H and O–H groups in total. The Morgan fingerprint density at radius 3 is 3.19 bits per heavy atom. The molecule has 1 aromatic rings. The molecule has 1 saturated heterocycles. The van der Waals surface area contributed by atoms with Gasteiger partial charge in [-0.25, -0.2) is 0 Å². The second kappa shape index (κ2) is 5.96. The molecule has 0 amide bonds. The fraction of sp³-hybridized carbons (Fsp3) is 0.818. The van der Waals surface area contributed by atoms with Gasteiger partial charge in [0.25, 0.3) is 0 Å². The largest absolute Gasteiger partial charge is 0.381 e. The molecule has 1 aliphatic heterocycles. The zero-order chi connectivity index (χ0) is 11.2. The van der Waals surface area contributed by atoms with Crippen molar-refractivity contribution >= 4 is 0 Å². The summed E-state index contributed by atoms with van der Waals surface area (Å²) < 4.78 is 10.5. The lowest BCUT2D eigenvalue weighted by atomic mass is 10.1. The van der Waals surface area contributed by atoms with E-state index in [0.29, 0.717) is 18.4 Å². The van der Waals surface area contributed by atoms with E-state index in [1.807, 2.05) is 0 Å². The summed E-state index contributed by atoms with van der Waals surface area (Å²) in [4.78, 5) is 4.35. The molecule has 1 aromatic heterocycles. The van der Waals surface area contributed by atoms with Crippen LogP contribution in [0.5, 0.6) is 0 Å². The van der Waals surface area contributed by atoms with Crippen molar-refractivity contribution in [1.82, 2.24) is 15.5 Å². The molecule has 1 atom stereocenters. The summed E-state index contributed by atoms with van der Waals surface area (Å²) >= 11 is 0. The van der Waals surface area contributed by atoms with Gasteiger partial charge < -0.3 is 14.6 Å². The first-order valence-corrected chi connectivity index (χ1v) is 5.98. The van der Waals surface area contributed by atoms with E-state index in [0.717, 1.165) is 44.8 Å². The maximum absolute atomic E-state index is 5.32. The third-order valence-corrected chi connectivity index (χ3v) is 2.71. The van der Waals surface area contributed by atoms with Crippen LogP contribution in [0.1, 0.15) is 31.5 Å². The van der Waals surface area contributed by atoms with Crippen LogP contribution >= 0.6 is 0 Å². The van der Waals surface area contributed by atoms with Crippen LogP contribution in [0.25, 0.3) is 0 Å². The van der Waals surface area contributed by atoms with Gasteiger partial charge in [-0.3, -0.25) is 0 Å². The van der Waals surface area contributed by atoms with Crippen LogP contribution in [-0.2, 0) is 17.7 Å². The smallest absolute Gasteiger partial charge is 0.240 e. The summed E-state index contributed by atoms with van der Waals surface area (Å²) in [6.45, 7) is 5.48. The molecule has 1 unspecified atom stereocenters. The summed E-state index contributed by atoms with van der Waals surface area (Å²) in [5.74, 6) is 2.06.